The molecule has 0 unspecified atom stereocenters. The first-order valence-electron chi connectivity index (χ1n) is 6.21. The Morgan fingerprint density at radius 2 is 2.19 bits per heavy atom. The smallest absolute Gasteiger partial charge is 0.245 e. The second kappa shape index (κ2) is 5.79. The molecule has 1 amide bonds. The normalized spacial score (nSPS) is 11.3. The number of anilines is 1. The number of ether oxygens (including phenoxy) is 1. The van der Waals surface area contributed by atoms with Gasteiger partial charge in [0.1, 0.15) is 0 Å². The third kappa shape index (κ3) is 3.56. The van der Waals surface area contributed by atoms with Gasteiger partial charge in [0.05, 0.1) is 18.3 Å². The van der Waals surface area contributed by atoms with Crippen molar-refractivity contribution in [1.82, 2.24) is 4.98 Å². The molecule has 0 saturated heterocycles. The monoisotopic (exact) mass is 309 g/mol. The minimum absolute atomic E-state index is 0.174. The first-order valence-corrected chi connectivity index (χ1v) is 7.09. The minimum atomic E-state index is -0.988. The molecule has 7 heteroatoms. The molecule has 1 aromatic heterocycles. The number of hydrogen-bond acceptors (Lipinski definition) is 5. The van der Waals surface area contributed by atoms with Crippen molar-refractivity contribution in [2.75, 3.05) is 12.4 Å². The van der Waals surface area contributed by atoms with Crippen LogP contribution in [0.4, 0.5) is 9.52 Å². The summed E-state index contributed by atoms with van der Waals surface area (Å²) in [7, 11) is 1.41. The van der Waals surface area contributed by atoms with E-state index in [1.54, 1.807) is 25.3 Å². The zero-order chi connectivity index (χ0) is 15.6. The lowest BCUT2D eigenvalue weighted by atomic mass is 10.1. The standard InChI is InChI=1S/C14H16FN3O2S/c1-14(2,16)12(19)18-13-17-10(7-21-13)8-4-5-11(20-3)9(15)6-8/h4-7H,16H2,1-3H3,(H,17,18,19). The van der Waals surface area contributed by atoms with Gasteiger partial charge in [-0.15, -0.1) is 11.3 Å². The Bertz CT molecular complexity index is 664. The zero-order valence-corrected chi connectivity index (χ0v) is 12.8. The summed E-state index contributed by atoms with van der Waals surface area (Å²) in [5.74, 6) is -0.617. The summed E-state index contributed by atoms with van der Waals surface area (Å²) in [4.78, 5) is 16.0. The molecule has 1 heterocycles. The van der Waals surface area contributed by atoms with Crippen LogP contribution in [-0.2, 0) is 4.79 Å². The number of aromatic nitrogens is 1. The minimum Gasteiger partial charge on any atom is -0.494 e. The Morgan fingerprint density at radius 3 is 2.76 bits per heavy atom. The maximum absolute atomic E-state index is 13.7. The van der Waals surface area contributed by atoms with Crippen molar-refractivity contribution in [2.45, 2.75) is 19.4 Å². The molecular weight excluding hydrogens is 293 g/mol. The summed E-state index contributed by atoms with van der Waals surface area (Å²) >= 11 is 1.25. The molecule has 0 fully saturated rings. The second-order valence-corrected chi connectivity index (χ2v) is 5.92. The van der Waals surface area contributed by atoms with E-state index in [0.29, 0.717) is 16.4 Å². The number of thiazole rings is 1. The van der Waals surface area contributed by atoms with Crippen molar-refractivity contribution in [3.63, 3.8) is 0 Å². The van der Waals surface area contributed by atoms with Gasteiger partial charge >= 0.3 is 0 Å². The number of nitrogens with zero attached hydrogens (tertiary/aromatic N) is 1. The van der Waals surface area contributed by atoms with Crippen LogP contribution in [0.2, 0.25) is 0 Å². The summed E-state index contributed by atoms with van der Waals surface area (Å²) in [6.45, 7) is 3.21. The molecule has 2 aromatic rings. The number of amides is 1. The molecule has 0 radical (unpaired) electrons. The van der Waals surface area contributed by atoms with Crippen LogP contribution in [0.15, 0.2) is 23.6 Å². The highest BCUT2D eigenvalue weighted by Gasteiger charge is 2.22. The Kier molecular flexibility index (Phi) is 4.24. The van der Waals surface area contributed by atoms with Crippen LogP contribution in [0.5, 0.6) is 5.75 Å². The summed E-state index contributed by atoms with van der Waals surface area (Å²) < 4.78 is 18.5. The molecule has 112 valence electrons. The fraction of sp³-hybridized carbons (Fsp3) is 0.286. The number of nitrogens with two attached hydrogens (primary N) is 1. The Morgan fingerprint density at radius 1 is 1.48 bits per heavy atom. The van der Waals surface area contributed by atoms with E-state index in [2.05, 4.69) is 10.3 Å². The number of hydrogen-bond donors (Lipinski definition) is 2. The molecule has 3 N–H and O–H groups in total. The molecule has 0 spiro atoms. The lowest BCUT2D eigenvalue weighted by Crippen LogP contribution is -2.45. The molecular formula is C14H16FN3O2S. The first-order chi connectivity index (χ1) is 9.81. The van der Waals surface area contributed by atoms with E-state index in [4.69, 9.17) is 10.5 Å². The summed E-state index contributed by atoms with van der Waals surface area (Å²) in [5, 5.41) is 4.79. The van der Waals surface area contributed by atoms with Crippen LogP contribution in [0.1, 0.15) is 13.8 Å². The summed E-state index contributed by atoms with van der Waals surface area (Å²) in [6.07, 6.45) is 0. The Labute approximate surface area is 126 Å². The molecule has 5 nitrogen and oxygen atoms in total. The van der Waals surface area contributed by atoms with Crippen molar-refractivity contribution in [1.29, 1.82) is 0 Å². The average Bonchev–Trinajstić information content (AvgIpc) is 2.86. The second-order valence-electron chi connectivity index (χ2n) is 5.06. The van der Waals surface area contributed by atoms with Crippen molar-refractivity contribution >= 4 is 22.4 Å². The topological polar surface area (TPSA) is 77.2 Å². The highest BCUT2D eigenvalue weighted by atomic mass is 32.1. The number of nitrogens with one attached hydrogen (secondary N) is 1. The van der Waals surface area contributed by atoms with Gasteiger partial charge in [-0.3, -0.25) is 4.79 Å². The molecule has 0 saturated carbocycles. The van der Waals surface area contributed by atoms with E-state index >= 15 is 0 Å². The van der Waals surface area contributed by atoms with Crippen molar-refractivity contribution < 1.29 is 13.9 Å². The third-order valence-corrected chi connectivity index (χ3v) is 3.52. The van der Waals surface area contributed by atoms with Crippen molar-refractivity contribution in [3.8, 4) is 17.0 Å². The average molecular weight is 309 g/mol. The van der Waals surface area contributed by atoms with Gasteiger partial charge in [0.25, 0.3) is 0 Å². The van der Waals surface area contributed by atoms with E-state index < -0.39 is 11.4 Å². The first kappa shape index (κ1) is 15.4. The molecule has 21 heavy (non-hydrogen) atoms. The van der Waals surface area contributed by atoms with Gasteiger partial charge in [-0.05, 0) is 32.0 Å². The highest BCUT2D eigenvalue weighted by Crippen LogP contribution is 2.28. The third-order valence-electron chi connectivity index (χ3n) is 2.76. The maximum Gasteiger partial charge on any atom is 0.245 e. The van der Waals surface area contributed by atoms with Crippen LogP contribution >= 0.6 is 11.3 Å². The van der Waals surface area contributed by atoms with Crippen molar-refractivity contribution in [2.24, 2.45) is 5.73 Å². The molecule has 0 aliphatic heterocycles. The number of methoxy groups -OCH3 is 1. The van der Waals surface area contributed by atoms with Crippen LogP contribution in [0, 0.1) is 5.82 Å². The lowest BCUT2D eigenvalue weighted by Gasteiger charge is -2.16. The maximum atomic E-state index is 13.7. The van der Waals surface area contributed by atoms with Gasteiger partial charge in [0.2, 0.25) is 5.91 Å². The van der Waals surface area contributed by atoms with Crippen LogP contribution < -0.4 is 15.8 Å². The van der Waals surface area contributed by atoms with Crippen LogP contribution in [0.3, 0.4) is 0 Å². The molecule has 0 bridgehead atoms. The number of rotatable bonds is 4. The summed E-state index contributed by atoms with van der Waals surface area (Å²) in [5.41, 5.74) is 5.89. The highest BCUT2D eigenvalue weighted by molar-refractivity contribution is 7.14. The Balaban J connectivity index is 2.20. The van der Waals surface area contributed by atoms with Crippen molar-refractivity contribution in [3.05, 3.63) is 29.4 Å². The van der Waals surface area contributed by atoms with Gasteiger partial charge in [-0.25, -0.2) is 9.37 Å². The van der Waals surface area contributed by atoms with Gasteiger partial charge < -0.3 is 15.8 Å². The largest absolute Gasteiger partial charge is 0.494 e. The van der Waals surface area contributed by atoms with Gasteiger partial charge in [-0.2, -0.15) is 0 Å². The van der Waals surface area contributed by atoms with Gasteiger partial charge in [-0.1, -0.05) is 0 Å². The number of benzene rings is 1. The predicted molar refractivity (Wildman–Crippen MR) is 81.0 cm³/mol. The number of carbonyl (C=O) groups is 1. The molecule has 0 aliphatic carbocycles. The van der Waals surface area contributed by atoms with E-state index in [9.17, 15) is 9.18 Å². The molecule has 0 aliphatic rings. The fourth-order valence-corrected chi connectivity index (χ4v) is 2.26. The fourth-order valence-electron chi connectivity index (χ4n) is 1.55. The van der Waals surface area contributed by atoms with E-state index in [1.807, 2.05) is 0 Å². The SMILES string of the molecule is COc1ccc(-c2csc(NC(=O)C(C)(C)N)n2)cc1F. The summed E-state index contributed by atoms with van der Waals surface area (Å²) in [6, 6.07) is 4.58. The number of halogens is 1. The predicted octanol–water partition coefficient (Wildman–Crippen LogP) is 2.63. The molecule has 1 aromatic carbocycles. The molecule has 2 rings (SSSR count). The van der Waals surface area contributed by atoms with Gasteiger partial charge in [0, 0.05) is 10.9 Å². The van der Waals surface area contributed by atoms with E-state index in [1.165, 1.54) is 30.6 Å². The quantitative estimate of drug-likeness (QED) is 0.910. The number of carbonyl (C=O) groups excluding carboxylic acids is 1. The zero-order valence-electron chi connectivity index (χ0n) is 11.9. The van der Waals surface area contributed by atoms with Gasteiger partial charge in [0.15, 0.2) is 16.7 Å². The van der Waals surface area contributed by atoms with Crippen LogP contribution in [0.25, 0.3) is 11.3 Å². The molecule has 0 atom stereocenters. The van der Waals surface area contributed by atoms with E-state index in [0.717, 1.165) is 0 Å². The Hall–Kier alpha value is -1.99. The van der Waals surface area contributed by atoms with Crippen LogP contribution in [-0.4, -0.2) is 23.5 Å². The lowest BCUT2D eigenvalue weighted by molar-refractivity contribution is -0.120. The van der Waals surface area contributed by atoms with E-state index in [-0.39, 0.29) is 11.7 Å².